The summed E-state index contributed by atoms with van der Waals surface area (Å²) in [6, 6.07) is 11.4. The normalized spacial score (nSPS) is 10.2. The third-order valence-electron chi connectivity index (χ3n) is 3.66. The number of hydrogen-bond donors (Lipinski definition) is 1. The first-order chi connectivity index (χ1) is 11.6. The number of carbonyl (C=O) groups is 2. The average Bonchev–Trinajstić information content (AvgIpc) is 2.60. The molecule has 1 heterocycles. The first-order valence-corrected chi connectivity index (χ1v) is 8.48. The predicted molar refractivity (Wildman–Crippen MR) is 96.4 cm³/mol. The van der Waals surface area contributed by atoms with E-state index in [1.54, 1.807) is 24.3 Å². The molecule has 1 aromatic carbocycles. The summed E-state index contributed by atoms with van der Waals surface area (Å²) in [5, 5.41) is 2.68. The number of pyridine rings is 1. The molecule has 0 atom stereocenters. The first kappa shape index (κ1) is 18.1. The van der Waals surface area contributed by atoms with Crippen LogP contribution in [0.25, 0.3) is 0 Å². The van der Waals surface area contributed by atoms with Crippen molar-refractivity contribution in [3.63, 3.8) is 0 Å². The first-order valence-electron chi connectivity index (χ1n) is 7.69. The Morgan fingerprint density at radius 3 is 2.58 bits per heavy atom. The van der Waals surface area contributed by atoms with E-state index >= 15 is 0 Å². The number of benzene rings is 1. The van der Waals surface area contributed by atoms with Crippen LogP contribution in [0.1, 0.15) is 11.1 Å². The molecule has 0 unspecified atom stereocenters. The quantitative estimate of drug-likeness (QED) is 0.789. The zero-order chi connectivity index (χ0) is 17.4. The topological polar surface area (TPSA) is 62.3 Å². The third kappa shape index (κ3) is 5.77. The second-order valence-electron chi connectivity index (χ2n) is 5.47. The second-order valence-corrected chi connectivity index (χ2v) is 6.32. The number of halogens is 1. The maximum Gasteiger partial charge on any atom is 0.241 e. The Morgan fingerprint density at radius 1 is 1.17 bits per heavy atom. The average molecular weight is 390 g/mol. The summed E-state index contributed by atoms with van der Waals surface area (Å²) in [7, 11) is 1.74. The Balaban J connectivity index is 1.73. The highest BCUT2D eigenvalue weighted by Gasteiger charge is 2.11. The van der Waals surface area contributed by atoms with Crippen LogP contribution in [0, 0.1) is 0 Å². The summed E-state index contributed by atoms with van der Waals surface area (Å²) in [5.74, 6) is -0.276. The maximum atomic E-state index is 12.1. The van der Waals surface area contributed by atoms with Crippen LogP contribution in [0.4, 0.5) is 0 Å². The van der Waals surface area contributed by atoms with Crippen LogP contribution in [0.15, 0.2) is 53.3 Å². The molecule has 0 radical (unpaired) electrons. The van der Waals surface area contributed by atoms with E-state index in [0.29, 0.717) is 6.54 Å². The lowest BCUT2D eigenvalue weighted by molar-refractivity contribution is -0.131. The fourth-order valence-corrected chi connectivity index (χ4v) is 2.58. The monoisotopic (exact) mass is 389 g/mol. The Morgan fingerprint density at radius 2 is 1.88 bits per heavy atom. The van der Waals surface area contributed by atoms with E-state index in [2.05, 4.69) is 26.2 Å². The summed E-state index contributed by atoms with van der Waals surface area (Å²) < 4.78 is 0.890. The van der Waals surface area contributed by atoms with Crippen molar-refractivity contribution >= 4 is 27.7 Å². The largest absolute Gasteiger partial charge is 0.347 e. The van der Waals surface area contributed by atoms with Crippen LogP contribution < -0.4 is 5.32 Å². The van der Waals surface area contributed by atoms with Crippen LogP contribution in [-0.4, -0.2) is 41.8 Å². The van der Waals surface area contributed by atoms with Crippen LogP contribution in [0.2, 0.25) is 0 Å². The smallest absolute Gasteiger partial charge is 0.241 e. The van der Waals surface area contributed by atoms with Gasteiger partial charge < -0.3 is 10.2 Å². The van der Waals surface area contributed by atoms with Crippen molar-refractivity contribution in [3.8, 4) is 0 Å². The van der Waals surface area contributed by atoms with Gasteiger partial charge in [-0.05, 0) is 35.7 Å². The van der Waals surface area contributed by atoms with Gasteiger partial charge in [0.25, 0.3) is 0 Å². The minimum atomic E-state index is -0.169. The number of amides is 2. The van der Waals surface area contributed by atoms with Crippen LogP contribution >= 0.6 is 15.9 Å². The SMILES string of the molecule is CN(CCc1ccncc1)C(=O)CNC(=O)Cc1ccccc1Br. The molecule has 24 heavy (non-hydrogen) atoms. The lowest BCUT2D eigenvalue weighted by Crippen LogP contribution is -2.39. The van der Waals surface area contributed by atoms with E-state index in [0.717, 1.165) is 22.0 Å². The van der Waals surface area contributed by atoms with E-state index in [4.69, 9.17) is 0 Å². The molecular formula is C18H20BrN3O2. The van der Waals surface area contributed by atoms with Gasteiger partial charge in [-0.3, -0.25) is 14.6 Å². The fraction of sp³-hybridized carbons (Fsp3) is 0.278. The van der Waals surface area contributed by atoms with E-state index in [9.17, 15) is 9.59 Å². The zero-order valence-corrected chi connectivity index (χ0v) is 15.1. The van der Waals surface area contributed by atoms with Crippen LogP contribution in [-0.2, 0) is 22.4 Å². The number of hydrogen-bond acceptors (Lipinski definition) is 3. The van der Waals surface area contributed by atoms with Gasteiger partial charge in [-0.25, -0.2) is 0 Å². The summed E-state index contributed by atoms with van der Waals surface area (Å²) in [6.45, 7) is 0.610. The Hall–Kier alpha value is -2.21. The van der Waals surface area contributed by atoms with Gasteiger partial charge in [0.15, 0.2) is 0 Å². The number of rotatable bonds is 7. The van der Waals surface area contributed by atoms with Crippen LogP contribution in [0.5, 0.6) is 0 Å². The Kier molecular flexibility index (Phi) is 6.93. The van der Waals surface area contributed by atoms with E-state index in [-0.39, 0.29) is 24.8 Å². The van der Waals surface area contributed by atoms with Crippen molar-refractivity contribution in [3.05, 3.63) is 64.4 Å². The molecule has 1 N–H and O–H groups in total. The highest BCUT2D eigenvalue weighted by molar-refractivity contribution is 9.10. The lowest BCUT2D eigenvalue weighted by atomic mass is 10.1. The second kappa shape index (κ2) is 9.17. The van der Waals surface area contributed by atoms with Gasteiger partial charge in [0.2, 0.25) is 11.8 Å². The minimum absolute atomic E-state index is 0.0101. The standard InChI is InChI=1S/C18H20BrN3O2/c1-22(11-8-14-6-9-20-10-7-14)18(24)13-21-17(23)12-15-4-2-3-5-16(15)19/h2-7,9-10H,8,11-13H2,1H3,(H,21,23). The molecule has 1 aromatic heterocycles. The molecule has 126 valence electrons. The Bertz CT molecular complexity index is 692. The van der Waals surface area contributed by atoms with Gasteiger partial charge in [-0.2, -0.15) is 0 Å². The molecule has 2 aromatic rings. The molecule has 0 bridgehead atoms. The predicted octanol–water partition coefficient (Wildman–Crippen LogP) is 2.20. The molecule has 2 amide bonds. The number of nitrogens with one attached hydrogen (secondary N) is 1. The van der Waals surface area contributed by atoms with Gasteiger partial charge in [0.1, 0.15) is 0 Å². The summed E-state index contributed by atoms with van der Waals surface area (Å²) in [4.78, 5) is 29.6. The molecule has 0 saturated heterocycles. The van der Waals surface area contributed by atoms with Crippen molar-refractivity contribution in [2.75, 3.05) is 20.1 Å². The van der Waals surface area contributed by atoms with E-state index in [1.807, 2.05) is 36.4 Å². The Labute approximate surface area is 150 Å². The summed E-state index contributed by atoms with van der Waals surface area (Å²) >= 11 is 3.41. The van der Waals surface area contributed by atoms with Gasteiger partial charge in [0.05, 0.1) is 13.0 Å². The summed E-state index contributed by atoms with van der Waals surface area (Å²) in [5.41, 5.74) is 2.02. The van der Waals surface area contributed by atoms with Crippen molar-refractivity contribution in [1.82, 2.24) is 15.2 Å². The number of nitrogens with zero attached hydrogens (tertiary/aromatic N) is 2. The van der Waals surface area contributed by atoms with Crippen LogP contribution in [0.3, 0.4) is 0 Å². The minimum Gasteiger partial charge on any atom is -0.347 e. The van der Waals surface area contributed by atoms with Crippen molar-refractivity contribution in [2.24, 2.45) is 0 Å². The zero-order valence-electron chi connectivity index (χ0n) is 13.5. The molecule has 0 saturated carbocycles. The summed E-state index contributed by atoms with van der Waals surface area (Å²) in [6.07, 6.45) is 4.48. The van der Waals surface area contributed by atoms with Gasteiger partial charge in [-0.15, -0.1) is 0 Å². The van der Waals surface area contributed by atoms with Gasteiger partial charge in [-0.1, -0.05) is 34.1 Å². The van der Waals surface area contributed by atoms with E-state index in [1.165, 1.54) is 0 Å². The molecule has 0 aliphatic heterocycles. The molecule has 0 spiro atoms. The molecule has 5 nitrogen and oxygen atoms in total. The van der Waals surface area contributed by atoms with E-state index < -0.39 is 0 Å². The van der Waals surface area contributed by atoms with Gasteiger partial charge >= 0.3 is 0 Å². The molecule has 0 aliphatic rings. The number of carbonyl (C=O) groups excluding carboxylic acids is 2. The van der Waals surface area contributed by atoms with Crippen molar-refractivity contribution in [2.45, 2.75) is 12.8 Å². The third-order valence-corrected chi connectivity index (χ3v) is 4.43. The molecular weight excluding hydrogens is 370 g/mol. The number of likely N-dealkylation sites (N-methyl/N-ethyl adjacent to an activating group) is 1. The lowest BCUT2D eigenvalue weighted by Gasteiger charge is -2.17. The molecule has 0 fully saturated rings. The highest BCUT2D eigenvalue weighted by Crippen LogP contribution is 2.16. The van der Waals surface area contributed by atoms with Crippen molar-refractivity contribution in [1.29, 1.82) is 0 Å². The van der Waals surface area contributed by atoms with Crippen molar-refractivity contribution < 1.29 is 9.59 Å². The molecule has 0 aliphatic carbocycles. The maximum absolute atomic E-state index is 12.1. The number of aromatic nitrogens is 1. The van der Waals surface area contributed by atoms with Gasteiger partial charge in [0, 0.05) is 30.5 Å². The molecule has 6 heteroatoms. The highest BCUT2D eigenvalue weighted by atomic mass is 79.9. The fourth-order valence-electron chi connectivity index (χ4n) is 2.16. The molecule has 2 rings (SSSR count).